The lowest BCUT2D eigenvalue weighted by molar-refractivity contribution is 0.661. The fourth-order valence-corrected chi connectivity index (χ4v) is 5.35. The highest BCUT2D eigenvalue weighted by molar-refractivity contribution is 7.27. The van der Waals surface area contributed by atoms with E-state index in [9.17, 15) is 0 Å². The van der Waals surface area contributed by atoms with Crippen LogP contribution in [0.3, 0.4) is 0 Å². The monoisotopic (exact) mass is 391 g/mol. The van der Waals surface area contributed by atoms with Crippen LogP contribution in [-0.4, -0.2) is 4.57 Å². The lowest BCUT2D eigenvalue weighted by Gasteiger charge is -2.21. The number of hydrogen-bond acceptors (Lipinski definition) is 0. The third-order valence-electron chi connectivity index (χ3n) is 6.51. The van der Waals surface area contributed by atoms with Gasteiger partial charge in [0.15, 0.2) is 0 Å². The topological polar surface area (TPSA) is 4.93 Å². The highest BCUT2D eigenvalue weighted by Gasteiger charge is 2.36. The Morgan fingerprint density at radius 1 is 0.655 bits per heavy atom. The van der Waals surface area contributed by atoms with Crippen LogP contribution >= 0.6 is 9.24 Å². The Labute approximate surface area is 173 Å². The van der Waals surface area contributed by atoms with Crippen LogP contribution in [0, 0.1) is 0 Å². The molecule has 0 spiro atoms. The van der Waals surface area contributed by atoms with Crippen molar-refractivity contribution in [3.63, 3.8) is 0 Å². The number of aromatic nitrogens is 1. The molecule has 0 N–H and O–H groups in total. The van der Waals surface area contributed by atoms with Crippen molar-refractivity contribution in [2.75, 3.05) is 0 Å². The van der Waals surface area contributed by atoms with Gasteiger partial charge >= 0.3 is 0 Å². The molecule has 1 heterocycles. The third kappa shape index (κ3) is 2.26. The Hall–Kier alpha value is -2.89. The molecule has 1 nitrogen and oxygen atoms in total. The average molecular weight is 391 g/mol. The van der Waals surface area contributed by atoms with E-state index in [0.29, 0.717) is 0 Å². The molecule has 4 aromatic carbocycles. The molecule has 1 aliphatic rings. The largest absolute Gasteiger partial charge is 0.309 e. The minimum atomic E-state index is 0.00383. The summed E-state index contributed by atoms with van der Waals surface area (Å²) in [6.07, 6.45) is 0. The molecule has 0 aliphatic heterocycles. The summed E-state index contributed by atoms with van der Waals surface area (Å²) in [6, 6.07) is 31.1. The van der Waals surface area contributed by atoms with Gasteiger partial charge in [0.1, 0.15) is 0 Å². The molecule has 1 unspecified atom stereocenters. The first kappa shape index (κ1) is 17.0. The molecular weight excluding hydrogens is 369 g/mol. The van der Waals surface area contributed by atoms with Crippen LogP contribution in [0.2, 0.25) is 0 Å². The SMILES string of the molecule is CC1(C)c2ccccc2-c2cc3c4cc(P)ccc4n(-c4ccccc4)c3cc21. The second-order valence-electron chi connectivity index (χ2n) is 8.53. The number of nitrogens with zero attached hydrogens (tertiary/aromatic N) is 1. The second-order valence-corrected chi connectivity index (χ2v) is 9.20. The van der Waals surface area contributed by atoms with Crippen LogP contribution in [0.15, 0.2) is 84.9 Å². The number of hydrogen-bond donors (Lipinski definition) is 0. The van der Waals surface area contributed by atoms with E-state index in [1.165, 1.54) is 55.1 Å². The summed E-state index contributed by atoms with van der Waals surface area (Å²) in [5, 5.41) is 3.84. The minimum absolute atomic E-state index is 0.00383. The standard InChI is InChI=1S/C27H22NP/c1-27(2)23-11-7-6-10-19(23)20-15-22-21-14-18(29)12-13-25(21)28(26(22)16-24(20)27)17-8-4-3-5-9-17/h3-16H,29H2,1-2H3. The molecule has 1 aliphatic carbocycles. The van der Waals surface area contributed by atoms with Crippen molar-refractivity contribution in [1.29, 1.82) is 0 Å². The van der Waals surface area contributed by atoms with Crippen LogP contribution in [-0.2, 0) is 5.41 Å². The molecule has 29 heavy (non-hydrogen) atoms. The van der Waals surface area contributed by atoms with Crippen molar-refractivity contribution in [3.8, 4) is 16.8 Å². The summed E-state index contributed by atoms with van der Waals surface area (Å²) >= 11 is 0. The summed E-state index contributed by atoms with van der Waals surface area (Å²) in [7, 11) is 2.85. The maximum atomic E-state index is 2.85. The molecule has 1 aromatic heterocycles. The zero-order chi connectivity index (χ0) is 19.8. The molecule has 1 atom stereocenters. The van der Waals surface area contributed by atoms with E-state index in [-0.39, 0.29) is 5.41 Å². The van der Waals surface area contributed by atoms with Gasteiger partial charge in [0.25, 0.3) is 0 Å². The fraction of sp³-hybridized carbons (Fsp3) is 0.111. The van der Waals surface area contributed by atoms with Gasteiger partial charge in [-0.1, -0.05) is 62.4 Å². The molecule has 0 saturated heterocycles. The van der Waals surface area contributed by atoms with E-state index >= 15 is 0 Å². The predicted octanol–water partition coefficient (Wildman–Crippen LogP) is 6.59. The van der Waals surface area contributed by atoms with Gasteiger partial charge in [0.05, 0.1) is 11.0 Å². The first-order chi connectivity index (χ1) is 14.1. The highest BCUT2D eigenvalue weighted by Crippen LogP contribution is 2.50. The van der Waals surface area contributed by atoms with Crippen LogP contribution in [0.4, 0.5) is 0 Å². The van der Waals surface area contributed by atoms with Crippen LogP contribution < -0.4 is 5.30 Å². The Morgan fingerprint density at radius 3 is 2.21 bits per heavy atom. The number of fused-ring (bicyclic) bond motifs is 6. The molecule has 2 heteroatoms. The minimum Gasteiger partial charge on any atom is -0.309 e. The molecular formula is C27H22NP. The molecule has 0 radical (unpaired) electrons. The highest BCUT2D eigenvalue weighted by atomic mass is 31.0. The molecule has 0 bridgehead atoms. The van der Waals surface area contributed by atoms with E-state index in [2.05, 4.69) is 113 Å². The Bertz CT molecular complexity index is 1420. The van der Waals surface area contributed by atoms with Gasteiger partial charge < -0.3 is 4.57 Å². The second kappa shape index (κ2) is 5.81. The Balaban J connectivity index is 1.80. The van der Waals surface area contributed by atoms with Gasteiger partial charge in [-0.2, -0.15) is 0 Å². The molecule has 0 fully saturated rings. The van der Waals surface area contributed by atoms with E-state index in [0.717, 1.165) is 0 Å². The average Bonchev–Trinajstić information content (AvgIpc) is 3.17. The first-order valence-corrected chi connectivity index (χ1v) is 10.7. The summed E-state index contributed by atoms with van der Waals surface area (Å²) in [5.41, 5.74) is 9.33. The van der Waals surface area contributed by atoms with Gasteiger partial charge in [-0.3, -0.25) is 0 Å². The van der Waals surface area contributed by atoms with Gasteiger partial charge in [-0.15, -0.1) is 9.24 Å². The summed E-state index contributed by atoms with van der Waals surface area (Å²) in [5.74, 6) is 0. The van der Waals surface area contributed by atoms with Gasteiger partial charge in [-0.05, 0) is 64.0 Å². The summed E-state index contributed by atoms with van der Waals surface area (Å²) in [6.45, 7) is 4.69. The van der Waals surface area contributed by atoms with Crippen LogP contribution in [0.5, 0.6) is 0 Å². The number of rotatable bonds is 1. The van der Waals surface area contributed by atoms with Crippen LogP contribution in [0.25, 0.3) is 38.6 Å². The quantitative estimate of drug-likeness (QED) is 0.284. The van der Waals surface area contributed by atoms with Gasteiger partial charge in [0.2, 0.25) is 0 Å². The van der Waals surface area contributed by atoms with E-state index in [1.54, 1.807) is 0 Å². The lowest BCUT2D eigenvalue weighted by atomic mass is 9.82. The molecule has 0 amide bonds. The van der Waals surface area contributed by atoms with E-state index in [1.807, 2.05) is 0 Å². The fourth-order valence-electron chi connectivity index (χ4n) is 5.09. The van der Waals surface area contributed by atoms with Crippen molar-refractivity contribution in [3.05, 3.63) is 96.1 Å². The zero-order valence-corrected chi connectivity index (χ0v) is 17.8. The normalized spacial score (nSPS) is 14.3. The van der Waals surface area contributed by atoms with Crippen molar-refractivity contribution >= 4 is 36.4 Å². The lowest BCUT2D eigenvalue weighted by Crippen LogP contribution is -2.14. The van der Waals surface area contributed by atoms with Crippen molar-refractivity contribution in [2.45, 2.75) is 19.3 Å². The van der Waals surface area contributed by atoms with Gasteiger partial charge in [-0.25, -0.2) is 0 Å². The smallest absolute Gasteiger partial charge is 0.0544 e. The van der Waals surface area contributed by atoms with Crippen molar-refractivity contribution < 1.29 is 0 Å². The van der Waals surface area contributed by atoms with E-state index in [4.69, 9.17) is 0 Å². The Morgan fingerprint density at radius 2 is 1.38 bits per heavy atom. The molecule has 5 aromatic rings. The zero-order valence-electron chi connectivity index (χ0n) is 16.6. The Kier molecular flexibility index (Phi) is 3.41. The molecule has 140 valence electrons. The molecule has 6 rings (SSSR count). The molecule has 0 saturated carbocycles. The number of para-hydroxylation sites is 1. The van der Waals surface area contributed by atoms with E-state index < -0.39 is 0 Å². The van der Waals surface area contributed by atoms with Crippen molar-refractivity contribution in [2.24, 2.45) is 0 Å². The maximum absolute atomic E-state index is 2.85. The summed E-state index contributed by atoms with van der Waals surface area (Å²) < 4.78 is 2.41. The third-order valence-corrected chi connectivity index (χ3v) is 6.87. The maximum Gasteiger partial charge on any atom is 0.0544 e. The van der Waals surface area contributed by atoms with Gasteiger partial charge in [0, 0.05) is 21.9 Å². The summed E-state index contributed by atoms with van der Waals surface area (Å²) in [4.78, 5) is 0. The predicted molar refractivity (Wildman–Crippen MR) is 128 cm³/mol. The van der Waals surface area contributed by atoms with Crippen molar-refractivity contribution in [1.82, 2.24) is 4.57 Å². The van der Waals surface area contributed by atoms with Crippen LogP contribution in [0.1, 0.15) is 25.0 Å². The number of benzene rings is 4. The first-order valence-electron chi connectivity index (χ1n) is 10.1.